The first kappa shape index (κ1) is 21.4. The highest BCUT2D eigenvalue weighted by molar-refractivity contribution is 7.66. The van der Waals surface area contributed by atoms with Gasteiger partial charge in [-0.05, 0) is 18.3 Å². The average Bonchev–Trinajstić information content (AvgIpc) is 2.55. The van der Waals surface area contributed by atoms with Gasteiger partial charge in [0.15, 0.2) is 0 Å². The van der Waals surface area contributed by atoms with Gasteiger partial charge >= 0.3 is 23.5 Å². The summed E-state index contributed by atoms with van der Waals surface area (Å²) < 4.78 is 44.8. The van der Waals surface area contributed by atoms with E-state index in [1.807, 2.05) is 0 Å². The van der Waals surface area contributed by atoms with Crippen LogP contribution in [0.2, 0.25) is 0 Å². The average molecular weight is 400 g/mol. The summed E-state index contributed by atoms with van der Waals surface area (Å²) in [5, 5.41) is 19.1. The van der Waals surface area contributed by atoms with Crippen molar-refractivity contribution in [3.8, 4) is 0 Å². The van der Waals surface area contributed by atoms with Gasteiger partial charge in [0.1, 0.15) is 0 Å². The summed E-state index contributed by atoms with van der Waals surface area (Å²) in [6, 6.07) is 0. The van der Waals surface area contributed by atoms with Crippen molar-refractivity contribution in [3.05, 3.63) is 0 Å². The van der Waals surface area contributed by atoms with Crippen LogP contribution in [0.15, 0.2) is 0 Å². The van der Waals surface area contributed by atoms with Gasteiger partial charge in [-0.25, -0.2) is 13.7 Å². The minimum atomic E-state index is -5.56. The first-order chi connectivity index (χ1) is 10.3. The number of phosphoric acid groups is 3. The Labute approximate surface area is 131 Å². The summed E-state index contributed by atoms with van der Waals surface area (Å²) in [6.45, 7) is 0.873. The Hall–Kier alpha value is 0.330. The third-order valence-corrected chi connectivity index (χ3v) is 7.25. The van der Waals surface area contributed by atoms with E-state index in [2.05, 4.69) is 13.1 Å². The molecule has 0 spiro atoms. The number of aliphatic hydroxyl groups is 2. The molecule has 15 heteroatoms. The van der Waals surface area contributed by atoms with Crippen molar-refractivity contribution in [1.82, 2.24) is 0 Å². The molecular weight excluding hydrogens is 381 g/mol. The maximum Gasteiger partial charge on any atom is 0.490 e. The maximum atomic E-state index is 11.6. The number of hydrogen-bond acceptors (Lipinski definition) is 8. The summed E-state index contributed by atoms with van der Waals surface area (Å²) in [5.41, 5.74) is 0. The van der Waals surface area contributed by atoms with Gasteiger partial charge in [0, 0.05) is 12.5 Å². The second-order valence-electron chi connectivity index (χ2n) is 5.18. The maximum absolute atomic E-state index is 11.6. The van der Waals surface area contributed by atoms with Gasteiger partial charge in [-0.1, -0.05) is 6.92 Å². The van der Waals surface area contributed by atoms with Crippen molar-refractivity contribution in [2.75, 3.05) is 13.2 Å². The predicted octanol–water partition coefficient (Wildman–Crippen LogP) is -0.0449. The van der Waals surface area contributed by atoms with Gasteiger partial charge < -0.3 is 29.8 Å². The molecule has 3 unspecified atom stereocenters. The summed E-state index contributed by atoms with van der Waals surface area (Å²) in [4.78, 5) is 35.1. The van der Waals surface area contributed by atoms with E-state index in [-0.39, 0.29) is 12.5 Å². The normalized spacial score (nSPS) is 34.0. The van der Waals surface area contributed by atoms with Crippen LogP contribution in [0.3, 0.4) is 0 Å². The molecule has 138 valence electrons. The van der Waals surface area contributed by atoms with Crippen LogP contribution in [0.4, 0.5) is 0 Å². The third kappa shape index (κ3) is 6.99. The molecule has 1 saturated carbocycles. The van der Waals surface area contributed by atoms with Crippen LogP contribution < -0.4 is 0 Å². The molecule has 0 amide bonds. The largest absolute Gasteiger partial charge is 0.490 e. The van der Waals surface area contributed by atoms with Crippen molar-refractivity contribution in [3.63, 3.8) is 0 Å². The fraction of sp³-hybridized carbons (Fsp3) is 1.00. The van der Waals surface area contributed by atoms with E-state index in [0.717, 1.165) is 0 Å². The van der Waals surface area contributed by atoms with Crippen LogP contribution in [0.5, 0.6) is 0 Å². The molecule has 23 heavy (non-hydrogen) atoms. The van der Waals surface area contributed by atoms with Gasteiger partial charge in [-0.3, -0.25) is 4.52 Å². The molecule has 1 rings (SSSR count). The molecule has 1 fully saturated rings. The minimum absolute atomic E-state index is 0.0791. The highest BCUT2D eigenvalue weighted by Gasteiger charge is 2.44. The summed E-state index contributed by atoms with van der Waals surface area (Å²) in [6.07, 6.45) is -0.593. The number of phosphoric ester groups is 1. The highest BCUT2D eigenvalue weighted by atomic mass is 31.3. The zero-order valence-corrected chi connectivity index (χ0v) is 14.6. The number of aliphatic hydroxyl groups excluding tert-OH is 2. The smallest absolute Gasteiger partial charge is 0.396 e. The first-order valence-corrected chi connectivity index (χ1v) is 10.9. The summed E-state index contributed by atoms with van der Waals surface area (Å²) in [7, 11) is -16.2. The third-order valence-electron chi connectivity index (χ3n) is 3.45. The van der Waals surface area contributed by atoms with Gasteiger partial charge in [0.2, 0.25) is 0 Å². The fourth-order valence-electron chi connectivity index (χ4n) is 2.47. The van der Waals surface area contributed by atoms with Gasteiger partial charge in [0.25, 0.3) is 0 Å². The first-order valence-electron chi connectivity index (χ1n) is 6.33. The Morgan fingerprint density at radius 1 is 1.00 bits per heavy atom. The second kappa shape index (κ2) is 7.70. The van der Waals surface area contributed by atoms with Crippen LogP contribution in [-0.4, -0.2) is 49.1 Å². The molecule has 6 atom stereocenters. The molecule has 12 nitrogen and oxygen atoms in total. The van der Waals surface area contributed by atoms with Crippen LogP contribution in [0, 0.1) is 17.8 Å². The van der Waals surface area contributed by atoms with Crippen molar-refractivity contribution < 1.29 is 56.6 Å². The second-order valence-corrected chi connectivity index (χ2v) is 9.60. The Morgan fingerprint density at radius 2 is 1.57 bits per heavy atom. The predicted molar refractivity (Wildman–Crippen MR) is 73.7 cm³/mol. The fourth-order valence-corrected chi connectivity index (χ4v) is 5.53. The van der Waals surface area contributed by atoms with Crippen molar-refractivity contribution in [1.29, 1.82) is 0 Å². The molecule has 0 radical (unpaired) electrons. The quantitative estimate of drug-likeness (QED) is 0.297. The van der Waals surface area contributed by atoms with Crippen LogP contribution in [-0.2, 0) is 26.8 Å². The van der Waals surface area contributed by atoms with Gasteiger partial charge in [-0.15, -0.1) is 0 Å². The molecule has 6 N–H and O–H groups in total. The lowest BCUT2D eigenvalue weighted by Gasteiger charge is -2.23. The van der Waals surface area contributed by atoms with E-state index in [4.69, 9.17) is 14.7 Å². The van der Waals surface area contributed by atoms with Crippen LogP contribution >= 0.6 is 23.5 Å². The van der Waals surface area contributed by atoms with Crippen LogP contribution in [0.1, 0.15) is 13.3 Å². The topological polar surface area (TPSA) is 200 Å². The lowest BCUT2D eigenvalue weighted by atomic mass is 9.91. The summed E-state index contributed by atoms with van der Waals surface area (Å²) in [5.74, 6) is -1.22. The van der Waals surface area contributed by atoms with Crippen molar-refractivity contribution in [2.24, 2.45) is 17.8 Å². The Kier molecular flexibility index (Phi) is 7.15. The molecule has 0 aromatic carbocycles. The molecule has 0 aromatic heterocycles. The number of rotatable bonds is 8. The van der Waals surface area contributed by atoms with E-state index < -0.39 is 48.0 Å². The SMILES string of the molecule is C[C@H]1C[C@@H](O)[C@@H](COP(=O)(O)OP(=O)(O)OP(=O)(O)O)C1CO. The van der Waals surface area contributed by atoms with E-state index >= 15 is 0 Å². The minimum Gasteiger partial charge on any atom is -0.396 e. The number of hydrogen-bond donors (Lipinski definition) is 6. The lowest BCUT2D eigenvalue weighted by molar-refractivity contribution is 0.0501. The monoisotopic (exact) mass is 400 g/mol. The molecular formula is C8H19O12P3. The zero-order valence-electron chi connectivity index (χ0n) is 11.9. The van der Waals surface area contributed by atoms with Crippen LogP contribution in [0.25, 0.3) is 0 Å². The van der Waals surface area contributed by atoms with Crippen molar-refractivity contribution in [2.45, 2.75) is 19.4 Å². The van der Waals surface area contributed by atoms with Gasteiger partial charge in [0.05, 0.1) is 12.7 Å². The lowest BCUT2D eigenvalue weighted by Crippen LogP contribution is -2.27. The summed E-state index contributed by atoms with van der Waals surface area (Å²) >= 11 is 0. The highest BCUT2D eigenvalue weighted by Crippen LogP contribution is 2.66. The van der Waals surface area contributed by atoms with E-state index in [1.165, 1.54) is 0 Å². The molecule has 1 aliphatic rings. The Balaban J connectivity index is 2.67. The molecule has 0 aromatic rings. The molecule has 0 heterocycles. The molecule has 1 aliphatic carbocycles. The van der Waals surface area contributed by atoms with E-state index in [0.29, 0.717) is 6.42 Å². The van der Waals surface area contributed by atoms with Crippen molar-refractivity contribution >= 4 is 23.5 Å². The Bertz CT molecular complexity index is 544. The van der Waals surface area contributed by atoms with E-state index in [9.17, 15) is 28.8 Å². The Morgan fingerprint density at radius 3 is 2.04 bits per heavy atom. The van der Waals surface area contributed by atoms with Gasteiger partial charge in [-0.2, -0.15) is 8.62 Å². The zero-order chi connectivity index (χ0) is 18.1. The molecule has 0 aliphatic heterocycles. The molecule has 0 saturated heterocycles. The van der Waals surface area contributed by atoms with E-state index in [1.54, 1.807) is 6.92 Å². The standard InChI is InChI=1S/C8H19O12P3/c1-5-2-8(10)7(6(5)3-9)4-18-22(14,15)20-23(16,17)19-21(11,12)13/h5-10H,2-4H2,1H3,(H,14,15)(H,16,17)(H2,11,12,13)/t5-,6?,7-,8+/m0/s1. The molecule has 0 bridgehead atoms.